The Labute approximate surface area is 158 Å². The smallest absolute Gasteiger partial charge is 0.248 e. The molecule has 27 heavy (non-hydrogen) atoms. The van der Waals surface area contributed by atoms with Crippen molar-refractivity contribution in [3.8, 4) is 0 Å². The number of hydrogen-bond donors (Lipinski definition) is 1. The maximum absolute atomic E-state index is 13.3. The molecule has 2 bridgehead atoms. The molecule has 2 heterocycles. The topological polar surface area (TPSA) is 67.9 Å². The van der Waals surface area contributed by atoms with Crippen molar-refractivity contribution in [1.82, 2.24) is 10.2 Å². The van der Waals surface area contributed by atoms with Gasteiger partial charge < -0.3 is 19.7 Å². The standard InChI is InChI=1S/C19H30F2N2O4/c1-12(27-9-14-5-7-19(20,21)8-6-14)17(22-13(2)24)18(25)23-15-3-4-16(23)11-26-10-15/h12,14-17H,3-11H2,1-2H3,(H,22,24). The van der Waals surface area contributed by atoms with Crippen LogP contribution in [0.1, 0.15) is 52.4 Å². The van der Waals surface area contributed by atoms with E-state index in [9.17, 15) is 18.4 Å². The minimum absolute atomic E-state index is 0.0558. The molecule has 0 radical (unpaired) electrons. The van der Waals surface area contributed by atoms with Crippen LogP contribution < -0.4 is 5.32 Å². The molecule has 8 heteroatoms. The highest BCUT2D eigenvalue weighted by Gasteiger charge is 2.44. The summed E-state index contributed by atoms with van der Waals surface area (Å²) in [6.45, 7) is 4.53. The first-order chi connectivity index (χ1) is 12.8. The fraction of sp³-hybridized carbons (Fsp3) is 0.895. The fourth-order valence-corrected chi connectivity index (χ4v) is 4.40. The largest absolute Gasteiger partial charge is 0.377 e. The van der Waals surface area contributed by atoms with Gasteiger partial charge in [0, 0.05) is 26.4 Å². The van der Waals surface area contributed by atoms with Gasteiger partial charge in [0.1, 0.15) is 6.04 Å². The lowest BCUT2D eigenvalue weighted by molar-refractivity contribution is -0.149. The Morgan fingerprint density at radius 2 is 1.78 bits per heavy atom. The van der Waals surface area contributed by atoms with Crippen LogP contribution in [0.25, 0.3) is 0 Å². The predicted molar refractivity (Wildman–Crippen MR) is 94.4 cm³/mol. The summed E-state index contributed by atoms with van der Waals surface area (Å²) in [5.74, 6) is -2.92. The van der Waals surface area contributed by atoms with Crippen molar-refractivity contribution in [1.29, 1.82) is 0 Å². The molecule has 0 aromatic heterocycles. The number of halogens is 2. The monoisotopic (exact) mass is 388 g/mol. The van der Waals surface area contributed by atoms with Gasteiger partial charge in [-0.15, -0.1) is 0 Å². The zero-order chi connectivity index (χ0) is 19.6. The fourth-order valence-electron chi connectivity index (χ4n) is 4.40. The summed E-state index contributed by atoms with van der Waals surface area (Å²) in [7, 11) is 0. The first-order valence-electron chi connectivity index (χ1n) is 9.93. The number of hydrogen-bond acceptors (Lipinski definition) is 4. The molecule has 6 nitrogen and oxygen atoms in total. The lowest BCUT2D eigenvalue weighted by atomic mass is 9.87. The van der Waals surface area contributed by atoms with Crippen LogP contribution in [0.4, 0.5) is 8.78 Å². The maximum Gasteiger partial charge on any atom is 0.248 e. The SMILES string of the molecule is CC(=O)NC(C(=O)N1C2CCC1COC2)C(C)OCC1CCC(F)(F)CC1. The van der Waals surface area contributed by atoms with Gasteiger partial charge in [0.2, 0.25) is 17.7 Å². The van der Waals surface area contributed by atoms with Gasteiger partial charge in [-0.05, 0) is 38.5 Å². The Bertz CT molecular complexity index is 534. The van der Waals surface area contributed by atoms with Gasteiger partial charge in [-0.3, -0.25) is 9.59 Å². The van der Waals surface area contributed by atoms with Crippen molar-refractivity contribution in [2.45, 2.75) is 82.5 Å². The van der Waals surface area contributed by atoms with Crippen LogP contribution in [0.15, 0.2) is 0 Å². The Morgan fingerprint density at radius 3 is 2.33 bits per heavy atom. The normalized spacial score (nSPS) is 30.0. The van der Waals surface area contributed by atoms with E-state index >= 15 is 0 Å². The van der Waals surface area contributed by atoms with Crippen molar-refractivity contribution >= 4 is 11.8 Å². The highest BCUT2D eigenvalue weighted by Crippen LogP contribution is 2.36. The second kappa shape index (κ2) is 8.39. The van der Waals surface area contributed by atoms with E-state index in [-0.39, 0.29) is 42.7 Å². The highest BCUT2D eigenvalue weighted by molar-refractivity contribution is 5.88. The third-order valence-electron chi connectivity index (χ3n) is 6.02. The molecule has 3 rings (SSSR count). The van der Waals surface area contributed by atoms with Crippen LogP contribution in [0.3, 0.4) is 0 Å². The third-order valence-corrected chi connectivity index (χ3v) is 6.02. The molecule has 154 valence electrons. The second-order valence-corrected chi connectivity index (χ2v) is 8.18. The zero-order valence-corrected chi connectivity index (χ0v) is 16.1. The van der Waals surface area contributed by atoms with Gasteiger partial charge in [0.15, 0.2) is 0 Å². The van der Waals surface area contributed by atoms with Crippen LogP contribution >= 0.6 is 0 Å². The number of nitrogens with zero attached hydrogens (tertiary/aromatic N) is 1. The van der Waals surface area contributed by atoms with Crippen molar-refractivity contribution in [3.05, 3.63) is 0 Å². The molecule has 2 amide bonds. The Hall–Kier alpha value is -1.28. The molecule has 4 unspecified atom stereocenters. The molecule has 3 fully saturated rings. The van der Waals surface area contributed by atoms with Crippen LogP contribution in [-0.2, 0) is 19.1 Å². The van der Waals surface area contributed by atoms with E-state index in [1.165, 1.54) is 6.92 Å². The molecule has 4 atom stereocenters. The average molecular weight is 388 g/mol. The minimum Gasteiger partial charge on any atom is -0.377 e. The number of carbonyl (C=O) groups excluding carboxylic acids is 2. The Balaban J connectivity index is 1.58. The molecular weight excluding hydrogens is 358 g/mol. The molecule has 0 spiro atoms. The summed E-state index contributed by atoms with van der Waals surface area (Å²) in [5.41, 5.74) is 0. The van der Waals surface area contributed by atoms with E-state index in [0.717, 1.165) is 12.8 Å². The first kappa shape index (κ1) is 20.5. The first-order valence-corrected chi connectivity index (χ1v) is 9.93. The van der Waals surface area contributed by atoms with Crippen molar-refractivity contribution in [2.24, 2.45) is 5.92 Å². The zero-order valence-electron chi connectivity index (χ0n) is 16.1. The van der Waals surface area contributed by atoms with Crippen molar-refractivity contribution in [2.75, 3.05) is 19.8 Å². The van der Waals surface area contributed by atoms with Gasteiger partial charge in [0.05, 0.1) is 31.4 Å². The molecule has 1 N–H and O–H groups in total. The van der Waals surface area contributed by atoms with Gasteiger partial charge in [-0.25, -0.2) is 8.78 Å². The summed E-state index contributed by atoms with van der Waals surface area (Å²) in [6.07, 6.45) is 1.93. The van der Waals surface area contributed by atoms with Crippen molar-refractivity contribution in [3.63, 3.8) is 0 Å². The summed E-state index contributed by atoms with van der Waals surface area (Å²) < 4.78 is 38.0. The van der Waals surface area contributed by atoms with Gasteiger partial charge in [-0.2, -0.15) is 0 Å². The van der Waals surface area contributed by atoms with E-state index in [1.54, 1.807) is 6.92 Å². The van der Waals surface area contributed by atoms with Gasteiger partial charge >= 0.3 is 0 Å². The summed E-state index contributed by atoms with van der Waals surface area (Å²) in [5, 5.41) is 2.73. The van der Waals surface area contributed by atoms with Crippen LogP contribution in [0.2, 0.25) is 0 Å². The summed E-state index contributed by atoms with van der Waals surface area (Å²) in [6, 6.07) is -0.658. The summed E-state index contributed by atoms with van der Waals surface area (Å²) in [4.78, 5) is 26.7. The van der Waals surface area contributed by atoms with Gasteiger partial charge in [0.25, 0.3) is 0 Å². The number of carbonyl (C=O) groups is 2. The van der Waals surface area contributed by atoms with E-state index in [1.807, 2.05) is 4.90 Å². The van der Waals surface area contributed by atoms with Crippen LogP contribution in [0, 0.1) is 5.92 Å². The van der Waals surface area contributed by atoms with Crippen LogP contribution in [-0.4, -0.2) is 66.7 Å². The van der Waals surface area contributed by atoms with E-state index in [0.29, 0.717) is 32.7 Å². The van der Waals surface area contributed by atoms with Crippen LogP contribution in [0.5, 0.6) is 0 Å². The predicted octanol–water partition coefficient (Wildman–Crippen LogP) is 2.11. The number of morpholine rings is 1. The van der Waals surface area contributed by atoms with Crippen molar-refractivity contribution < 1.29 is 27.8 Å². The molecule has 2 saturated heterocycles. The Kier molecular flexibility index (Phi) is 6.35. The van der Waals surface area contributed by atoms with Gasteiger partial charge in [-0.1, -0.05) is 0 Å². The molecular formula is C19H30F2N2O4. The quantitative estimate of drug-likeness (QED) is 0.757. The molecule has 2 aliphatic heterocycles. The molecule has 0 aromatic carbocycles. The highest BCUT2D eigenvalue weighted by atomic mass is 19.3. The number of alkyl halides is 2. The number of amides is 2. The summed E-state index contributed by atoms with van der Waals surface area (Å²) >= 11 is 0. The molecule has 3 aliphatic rings. The average Bonchev–Trinajstić information content (AvgIpc) is 2.86. The molecule has 1 saturated carbocycles. The van der Waals surface area contributed by atoms with E-state index in [4.69, 9.17) is 9.47 Å². The number of rotatable bonds is 6. The lowest BCUT2D eigenvalue weighted by Crippen LogP contribution is -2.59. The lowest BCUT2D eigenvalue weighted by Gasteiger charge is -2.38. The number of ether oxygens (including phenoxy) is 2. The second-order valence-electron chi connectivity index (χ2n) is 8.18. The number of nitrogens with one attached hydrogen (secondary N) is 1. The third kappa shape index (κ3) is 4.96. The molecule has 0 aromatic rings. The van der Waals surface area contributed by atoms with E-state index in [2.05, 4.69) is 5.32 Å². The minimum atomic E-state index is -2.56. The molecule has 1 aliphatic carbocycles. The maximum atomic E-state index is 13.3. The van der Waals surface area contributed by atoms with E-state index < -0.39 is 18.1 Å². The number of fused-ring (bicyclic) bond motifs is 2. The Morgan fingerprint density at radius 1 is 1.19 bits per heavy atom.